The highest BCUT2D eigenvalue weighted by molar-refractivity contribution is 5.77. The molecule has 0 aromatic heterocycles. The number of hydrogen-bond donors (Lipinski definition) is 0. The molecule has 0 bridgehead atoms. The Hall–Kier alpha value is -1.97. The quantitative estimate of drug-likeness (QED) is 0.810. The van der Waals surface area contributed by atoms with Crippen molar-refractivity contribution in [3.63, 3.8) is 0 Å². The molecule has 3 heteroatoms. The van der Waals surface area contributed by atoms with E-state index >= 15 is 0 Å². The zero-order valence-electron chi connectivity index (χ0n) is 13.0. The molecule has 1 fully saturated rings. The summed E-state index contributed by atoms with van der Waals surface area (Å²) in [7, 11) is 2.18. The van der Waals surface area contributed by atoms with Crippen LogP contribution < -0.4 is 0 Å². The minimum atomic E-state index is 0.722. The SMILES string of the molecule is CN1CCN(Cc2ccccc2-c2ccc(C=O)cc2)CC1. The van der Waals surface area contributed by atoms with E-state index in [0.29, 0.717) is 0 Å². The molecule has 0 spiro atoms. The van der Waals surface area contributed by atoms with Gasteiger partial charge in [0.05, 0.1) is 0 Å². The Balaban J connectivity index is 1.81. The summed E-state index contributed by atoms with van der Waals surface area (Å²) in [5.41, 5.74) is 4.51. The lowest BCUT2D eigenvalue weighted by atomic mass is 9.98. The lowest BCUT2D eigenvalue weighted by Gasteiger charge is -2.32. The number of rotatable bonds is 4. The summed E-state index contributed by atoms with van der Waals surface area (Å²) < 4.78 is 0. The van der Waals surface area contributed by atoms with E-state index < -0.39 is 0 Å². The fourth-order valence-corrected chi connectivity index (χ4v) is 2.93. The number of carbonyl (C=O) groups excluding carboxylic acids is 1. The second-order valence-electron chi connectivity index (χ2n) is 5.98. The first-order valence-corrected chi connectivity index (χ1v) is 7.81. The Morgan fingerprint density at radius 1 is 0.955 bits per heavy atom. The van der Waals surface area contributed by atoms with E-state index in [1.54, 1.807) is 0 Å². The molecule has 22 heavy (non-hydrogen) atoms. The maximum absolute atomic E-state index is 10.8. The van der Waals surface area contributed by atoms with Crippen LogP contribution in [0.3, 0.4) is 0 Å². The van der Waals surface area contributed by atoms with Crippen molar-refractivity contribution in [2.75, 3.05) is 33.2 Å². The molecular formula is C19H22N2O. The highest BCUT2D eigenvalue weighted by Gasteiger charge is 2.15. The Bertz CT molecular complexity index is 628. The van der Waals surface area contributed by atoms with Gasteiger partial charge in [-0.05, 0) is 23.7 Å². The Labute approximate surface area is 132 Å². The fourth-order valence-electron chi connectivity index (χ4n) is 2.93. The third-order valence-electron chi connectivity index (χ3n) is 4.36. The molecule has 0 aliphatic carbocycles. The average Bonchev–Trinajstić information content (AvgIpc) is 2.58. The van der Waals surface area contributed by atoms with Gasteiger partial charge in [-0.15, -0.1) is 0 Å². The fraction of sp³-hybridized carbons (Fsp3) is 0.316. The van der Waals surface area contributed by atoms with Crippen molar-refractivity contribution >= 4 is 6.29 Å². The van der Waals surface area contributed by atoms with Crippen LogP contribution in [0.25, 0.3) is 11.1 Å². The molecule has 3 rings (SSSR count). The molecule has 2 aromatic carbocycles. The van der Waals surface area contributed by atoms with E-state index in [4.69, 9.17) is 0 Å². The predicted molar refractivity (Wildman–Crippen MR) is 90.0 cm³/mol. The van der Waals surface area contributed by atoms with Crippen LogP contribution in [-0.4, -0.2) is 49.3 Å². The molecule has 3 nitrogen and oxygen atoms in total. The number of hydrogen-bond acceptors (Lipinski definition) is 3. The minimum absolute atomic E-state index is 0.722. The number of benzene rings is 2. The average molecular weight is 294 g/mol. The summed E-state index contributed by atoms with van der Waals surface area (Å²) in [5.74, 6) is 0. The van der Waals surface area contributed by atoms with Gasteiger partial charge in [-0.1, -0.05) is 48.5 Å². The van der Waals surface area contributed by atoms with E-state index in [9.17, 15) is 4.79 Å². The molecule has 1 aliphatic heterocycles. The largest absolute Gasteiger partial charge is 0.304 e. The smallest absolute Gasteiger partial charge is 0.150 e. The minimum Gasteiger partial charge on any atom is -0.304 e. The second kappa shape index (κ2) is 6.86. The molecule has 0 unspecified atom stereocenters. The summed E-state index contributed by atoms with van der Waals surface area (Å²) in [5, 5.41) is 0. The van der Waals surface area contributed by atoms with Gasteiger partial charge >= 0.3 is 0 Å². The number of carbonyl (C=O) groups is 1. The van der Waals surface area contributed by atoms with Crippen molar-refractivity contribution in [1.82, 2.24) is 9.80 Å². The van der Waals surface area contributed by atoms with Gasteiger partial charge in [-0.3, -0.25) is 9.69 Å². The van der Waals surface area contributed by atoms with Crippen LogP contribution in [-0.2, 0) is 6.54 Å². The van der Waals surface area contributed by atoms with Gasteiger partial charge in [0.1, 0.15) is 6.29 Å². The molecule has 0 saturated carbocycles. The molecule has 1 saturated heterocycles. The van der Waals surface area contributed by atoms with Gasteiger partial charge in [0.25, 0.3) is 0 Å². The van der Waals surface area contributed by atoms with Crippen LogP contribution in [0.2, 0.25) is 0 Å². The Morgan fingerprint density at radius 2 is 1.64 bits per heavy atom. The molecule has 0 atom stereocenters. The maximum atomic E-state index is 10.8. The molecule has 0 radical (unpaired) electrons. The summed E-state index contributed by atoms with van der Waals surface area (Å²) in [6, 6.07) is 16.4. The van der Waals surface area contributed by atoms with Crippen LogP contribution in [0.5, 0.6) is 0 Å². The predicted octanol–water partition coefficient (Wildman–Crippen LogP) is 2.91. The van der Waals surface area contributed by atoms with Gasteiger partial charge in [-0.2, -0.15) is 0 Å². The summed E-state index contributed by atoms with van der Waals surface area (Å²) in [6.07, 6.45) is 0.889. The van der Waals surface area contributed by atoms with Gasteiger partial charge in [0, 0.05) is 38.3 Å². The molecule has 0 N–H and O–H groups in total. The standard InChI is InChI=1S/C19H22N2O/c1-20-10-12-21(13-11-20)14-18-4-2-3-5-19(18)17-8-6-16(15-22)7-9-17/h2-9,15H,10-14H2,1H3. The van der Waals surface area contributed by atoms with Crippen molar-refractivity contribution < 1.29 is 4.79 Å². The van der Waals surface area contributed by atoms with Crippen molar-refractivity contribution in [2.45, 2.75) is 6.54 Å². The van der Waals surface area contributed by atoms with Crippen LogP contribution in [0.1, 0.15) is 15.9 Å². The number of nitrogens with zero attached hydrogens (tertiary/aromatic N) is 2. The first-order chi connectivity index (χ1) is 10.8. The second-order valence-corrected chi connectivity index (χ2v) is 5.98. The molecule has 1 aliphatic rings. The van der Waals surface area contributed by atoms with Gasteiger partial charge < -0.3 is 4.90 Å². The zero-order valence-corrected chi connectivity index (χ0v) is 13.0. The number of piperazine rings is 1. The molecule has 114 valence electrons. The highest BCUT2D eigenvalue weighted by Crippen LogP contribution is 2.25. The van der Waals surface area contributed by atoms with Gasteiger partial charge in [-0.25, -0.2) is 0 Å². The van der Waals surface area contributed by atoms with Crippen molar-refractivity contribution in [2.24, 2.45) is 0 Å². The summed E-state index contributed by atoms with van der Waals surface area (Å²) in [4.78, 5) is 15.7. The van der Waals surface area contributed by atoms with Gasteiger partial charge in [0.2, 0.25) is 0 Å². The lowest BCUT2D eigenvalue weighted by Crippen LogP contribution is -2.43. The topological polar surface area (TPSA) is 23.6 Å². The van der Waals surface area contributed by atoms with Crippen LogP contribution in [0.15, 0.2) is 48.5 Å². The molecule has 0 amide bonds. The molecular weight excluding hydrogens is 272 g/mol. The van der Waals surface area contributed by atoms with Crippen LogP contribution >= 0.6 is 0 Å². The third kappa shape index (κ3) is 3.43. The lowest BCUT2D eigenvalue weighted by molar-refractivity contribution is 0.112. The number of likely N-dealkylation sites (N-methyl/N-ethyl adjacent to an activating group) is 1. The normalized spacial score (nSPS) is 16.6. The third-order valence-corrected chi connectivity index (χ3v) is 4.36. The van der Waals surface area contributed by atoms with Crippen LogP contribution in [0, 0.1) is 0 Å². The van der Waals surface area contributed by atoms with E-state index in [1.807, 2.05) is 24.3 Å². The van der Waals surface area contributed by atoms with E-state index in [1.165, 1.54) is 16.7 Å². The van der Waals surface area contributed by atoms with E-state index in [2.05, 4.69) is 41.1 Å². The molecule has 1 heterocycles. The maximum Gasteiger partial charge on any atom is 0.150 e. The Morgan fingerprint density at radius 3 is 2.32 bits per heavy atom. The van der Waals surface area contributed by atoms with Crippen molar-refractivity contribution in [3.8, 4) is 11.1 Å². The molecule has 2 aromatic rings. The first-order valence-electron chi connectivity index (χ1n) is 7.81. The van der Waals surface area contributed by atoms with Gasteiger partial charge in [0.15, 0.2) is 0 Å². The number of aldehydes is 1. The summed E-state index contributed by atoms with van der Waals surface area (Å²) in [6.45, 7) is 5.50. The van der Waals surface area contributed by atoms with E-state index in [0.717, 1.165) is 44.6 Å². The zero-order chi connectivity index (χ0) is 15.4. The van der Waals surface area contributed by atoms with Crippen LogP contribution in [0.4, 0.5) is 0 Å². The van der Waals surface area contributed by atoms with Crippen molar-refractivity contribution in [1.29, 1.82) is 0 Å². The summed E-state index contributed by atoms with van der Waals surface area (Å²) >= 11 is 0. The monoisotopic (exact) mass is 294 g/mol. The highest BCUT2D eigenvalue weighted by atomic mass is 16.1. The van der Waals surface area contributed by atoms with Crippen molar-refractivity contribution in [3.05, 3.63) is 59.7 Å². The van der Waals surface area contributed by atoms with E-state index in [-0.39, 0.29) is 0 Å². The first kappa shape index (κ1) is 14.9. The Kier molecular flexibility index (Phi) is 4.66.